The van der Waals surface area contributed by atoms with Crippen LogP contribution in [0.5, 0.6) is 0 Å². The Morgan fingerprint density at radius 3 is 2.73 bits per heavy atom. The highest BCUT2D eigenvalue weighted by molar-refractivity contribution is 5.13. The van der Waals surface area contributed by atoms with Crippen LogP contribution in [0.1, 0.15) is 17.4 Å². The molecular weight excluding hydrogens is 142 g/mol. The van der Waals surface area contributed by atoms with Crippen molar-refractivity contribution in [3.8, 4) is 0 Å². The van der Waals surface area contributed by atoms with Gasteiger partial charge in [0.1, 0.15) is 6.10 Å². The minimum atomic E-state index is -0.851. The van der Waals surface area contributed by atoms with Gasteiger partial charge in [-0.25, -0.2) is 0 Å². The summed E-state index contributed by atoms with van der Waals surface area (Å²) in [6.07, 6.45) is 0.810. The normalized spacial score (nSPS) is 13.0. The van der Waals surface area contributed by atoms with Crippen LogP contribution in [0.15, 0.2) is 18.3 Å². The fourth-order valence-corrected chi connectivity index (χ4v) is 0.770. The smallest absolute Gasteiger partial charge is 0.119 e. The fraction of sp³-hybridized carbons (Fsp3) is 0.375. The van der Waals surface area contributed by atoms with Gasteiger partial charge in [0.05, 0.1) is 12.3 Å². The molecule has 0 aromatic carbocycles. The van der Waals surface area contributed by atoms with E-state index in [9.17, 15) is 0 Å². The molecule has 0 saturated heterocycles. The monoisotopic (exact) mass is 153 g/mol. The number of aliphatic hydroxyl groups excluding tert-OH is 2. The molecule has 0 fully saturated rings. The third-order valence-corrected chi connectivity index (χ3v) is 1.45. The third kappa shape index (κ3) is 2.00. The number of hydrogen-bond donors (Lipinski definition) is 2. The molecule has 3 heteroatoms. The number of rotatable bonds is 2. The number of nitrogens with zero attached hydrogens (tertiary/aromatic N) is 1. The molecule has 1 aromatic heterocycles. The summed E-state index contributed by atoms with van der Waals surface area (Å²) < 4.78 is 0. The van der Waals surface area contributed by atoms with Crippen LogP contribution < -0.4 is 0 Å². The Bertz CT molecular complexity index is 220. The van der Waals surface area contributed by atoms with E-state index < -0.39 is 6.10 Å². The number of pyridine rings is 1. The molecule has 0 aliphatic rings. The molecule has 1 rings (SSSR count). The lowest BCUT2D eigenvalue weighted by atomic mass is 10.2. The molecule has 1 aromatic rings. The van der Waals surface area contributed by atoms with Gasteiger partial charge in [0.2, 0.25) is 0 Å². The Morgan fingerprint density at radius 2 is 2.27 bits per heavy atom. The molecule has 0 radical (unpaired) electrons. The van der Waals surface area contributed by atoms with E-state index in [-0.39, 0.29) is 6.61 Å². The van der Waals surface area contributed by atoms with Crippen LogP contribution in [0.25, 0.3) is 0 Å². The highest BCUT2D eigenvalue weighted by atomic mass is 16.3. The van der Waals surface area contributed by atoms with E-state index >= 15 is 0 Å². The van der Waals surface area contributed by atoms with E-state index in [0.717, 1.165) is 5.56 Å². The average molecular weight is 153 g/mol. The second kappa shape index (κ2) is 3.46. The first-order valence-electron chi connectivity index (χ1n) is 3.45. The third-order valence-electron chi connectivity index (χ3n) is 1.45. The number of aromatic nitrogens is 1. The highest BCUT2D eigenvalue weighted by Crippen LogP contribution is 2.08. The number of hydrogen-bond acceptors (Lipinski definition) is 3. The van der Waals surface area contributed by atoms with Crippen molar-refractivity contribution in [3.05, 3.63) is 29.6 Å². The first kappa shape index (κ1) is 8.17. The summed E-state index contributed by atoms with van der Waals surface area (Å²) in [5, 5.41) is 17.7. The Labute approximate surface area is 65.3 Å². The number of aliphatic hydroxyl groups is 2. The maximum Gasteiger partial charge on any atom is 0.119 e. The Balaban J connectivity index is 2.81. The van der Waals surface area contributed by atoms with Crippen molar-refractivity contribution in [2.24, 2.45) is 0 Å². The van der Waals surface area contributed by atoms with Gasteiger partial charge < -0.3 is 10.2 Å². The van der Waals surface area contributed by atoms with Crippen LogP contribution in [-0.4, -0.2) is 21.8 Å². The molecule has 1 heterocycles. The summed E-state index contributed by atoms with van der Waals surface area (Å²) in [5.41, 5.74) is 1.55. The zero-order valence-electron chi connectivity index (χ0n) is 6.36. The molecule has 0 saturated carbocycles. The van der Waals surface area contributed by atoms with Crippen molar-refractivity contribution < 1.29 is 10.2 Å². The zero-order valence-corrected chi connectivity index (χ0v) is 6.36. The molecule has 1 atom stereocenters. The minimum absolute atomic E-state index is 0.282. The van der Waals surface area contributed by atoms with Gasteiger partial charge in [-0.3, -0.25) is 4.98 Å². The van der Waals surface area contributed by atoms with Crippen LogP contribution in [0, 0.1) is 6.92 Å². The van der Waals surface area contributed by atoms with Gasteiger partial charge in [0.15, 0.2) is 0 Å². The van der Waals surface area contributed by atoms with E-state index in [1.165, 1.54) is 0 Å². The SMILES string of the molecule is Cc1ccc([C@H](O)CO)nc1. The first-order chi connectivity index (χ1) is 5.24. The molecule has 0 spiro atoms. The van der Waals surface area contributed by atoms with Crippen LogP contribution >= 0.6 is 0 Å². The molecule has 3 nitrogen and oxygen atoms in total. The molecule has 11 heavy (non-hydrogen) atoms. The van der Waals surface area contributed by atoms with Crippen LogP contribution in [0.2, 0.25) is 0 Å². The van der Waals surface area contributed by atoms with E-state index in [1.54, 1.807) is 12.3 Å². The lowest BCUT2D eigenvalue weighted by Crippen LogP contribution is -2.04. The van der Waals surface area contributed by atoms with Crippen molar-refractivity contribution in [1.29, 1.82) is 0 Å². The van der Waals surface area contributed by atoms with Crippen LogP contribution in [-0.2, 0) is 0 Å². The summed E-state index contributed by atoms with van der Waals surface area (Å²) in [6, 6.07) is 3.55. The zero-order chi connectivity index (χ0) is 8.27. The van der Waals surface area contributed by atoms with Crippen molar-refractivity contribution in [2.45, 2.75) is 13.0 Å². The van der Waals surface area contributed by atoms with E-state index in [2.05, 4.69) is 4.98 Å². The Hall–Kier alpha value is -0.930. The topological polar surface area (TPSA) is 53.4 Å². The van der Waals surface area contributed by atoms with E-state index in [1.807, 2.05) is 13.0 Å². The van der Waals surface area contributed by atoms with Crippen molar-refractivity contribution in [2.75, 3.05) is 6.61 Å². The molecule has 0 amide bonds. The van der Waals surface area contributed by atoms with Gasteiger partial charge in [-0.1, -0.05) is 6.07 Å². The summed E-state index contributed by atoms with van der Waals surface area (Å²) in [5.74, 6) is 0. The molecule has 0 aliphatic heterocycles. The molecule has 0 aliphatic carbocycles. The van der Waals surface area contributed by atoms with Gasteiger partial charge in [0, 0.05) is 6.20 Å². The fourth-order valence-electron chi connectivity index (χ4n) is 0.770. The van der Waals surface area contributed by atoms with Crippen LogP contribution in [0.4, 0.5) is 0 Å². The lowest BCUT2D eigenvalue weighted by molar-refractivity contribution is 0.0922. The van der Waals surface area contributed by atoms with E-state index in [0.29, 0.717) is 5.69 Å². The van der Waals surface area contributed by atoms with Crippen molar-refractivity contribution in [3.63, 3.8) is 0 Å². The summed E-state index contributed by atoms with van der Waals surface area (Å²) in [7, 11) is 0. The maximum absolute atomic E-state index is 9.11. The molecule has 0 unspecified atom stereocenters. The van der Waals surface area contributed by atoms with Gasteiger partial charge in [-0.2, -0.15) is 0 Å². The molecule has 60 valence electrons. The lowest BCUT2D eigenvalue weighted by Gasteiger charge is -2.05. The second-order valence-corrected chi connectivity index (χ2v) is 2.46. The standard InChI is InChI=1S/C8H11NO2/c1-6-2-3-7(9-4-6)8(11)5-10/h2-4,8,10-11H,5H2,1H3/t8-/m1/s1. The second-order valence-electron chi connectivity index (χ2n) is 2.46. The van der Waals surface area contributed by atoms with Gasteiger partial charge in [0.25, 0.3) is 0 Å². The van der Waals surface area contributed by atoms with Crippen molar-refractivity contribution >= 4 is 0 Å². The van der Waals surface area contributed by atoms with Gasteiger partial charge in [-0.05, 0) is 18.6 Å². The summed E-state index contributed by atoms with van der Waals surface area (Å²) >= 11 is 0. The summed E-state index contributed by atoms with van der Waals surface area (Å²) in [6.45, 7) is 1.64. The predicted molar refractivity (Wildman–Crippen MR) is 41.0 cm³/mol. The largest absolute Gasteiger partial charge is 0.393 e. The maximum atomic E-state index is 9.11. The van der Waals surface area contributed by atoms with Crippen LogP contribution in [0.3, 0.4) is 0 Å². The van der Waals surface area contributed by atoms with Gasteiger partial charge in [-0.15, -0.1) is 0 Å². The Morgan fingerprint density at radius 1 is 1.55 bits per heavy atom. The Kier molecular flexibility index (Phi) is 2.57. The predicted octanol–water partition coefficient (Wildman–Crippen LogP) is 0.416. The quantitative estimate of drug-likeness (QED) is 0.647. The highest BCUT2D eigenvalue weighted by Gasteiger charge is 2.05. The van der Waals surface area contributed by atoms with E-state index in [4.69, 9.17) is 10.2 Å². The minimum Gasteiger partial charge on any atom is -0.393 e. The molecule has 2 N–H and O–H groups in total. The molecular formula is C8H11NO2. The average Bonchev–Trinajstić information content (AvgIpc) is 2.05. The first-order valence-corrected chi connectivity index (χ1v) is 3.45. The van der Waals surface area contributed by atoms with Gasteiger partial charge >= 0.3 is 0 Å². The summed E-state index contributed by atoms with van der Waals surface area (Å²) in [4.78, 5) is 3.94. The van der Waals surface area contributed by atoms with Crippen molar-refractivity contribution in [1.82, 2.24) is 4.98 Å². The molecule has 0 bridgehead atoms. The number of aryl methyl sites for hydroxylation is 1.